The number of carboxylic acid groups (broad SMARTS) is 1. The van der Waals surface area contributed by atoms with Crippen LogP contribution in [0, 0.1) is 5.92 Å². The van der Waals surface area contributed by atoms with Gasteiger partial charge in [-0.3, -0.25) is 14.4 Å². The number of likely N-dealkylation sites (N-methyl/N-ethyl adjacent to an activating group) is 1. The number of ketones is 2. The lowest BCUT2D eigenvalue weighted by Gasteiger charge is -2.27. The standard InChI is InChI=1S/C22H21NO7/c1-10(2)7-14(22(29)30)23(3)21(28)11-8-13-18(16(25)9-11)20(27)17-12(19(13)26)5-4-6-15(17)24/h4-6,8-10,14,24-25H,7H2,1-3H3,(H,29,30)/t14-/m0/s1. The number of fused-ring (bicyclic) bond motifs is 2. The number of aromatic hydroxyl groups is 2. The van der Waals surface area contributed by atoms with E-state index < -0.39 is 35.2 Å². The first-order valence-corrected chi connectivity index (χ1v) is 9.32. The van der Waals surface area contributed by atoms with E-state index in [1.165, 1.54) is 31.3 Å². The van der Waals surface area contributed by atoms with Gasteiger partial charge in [-0.05, 0) is 30.5 Å². The van der Waals surface area contributed by atoms with E-state index in [0.717, 1.165) is 11.0 Å². The Morgan fingerprint density at radius 1 is 0.967 bits per heavy atom. The average molecular weight is 411 g/mol. The molecule has 1 aliphatic carbocycles. The lowest BCUT2D eigenvalue weighted by molar-refractivity contribution is -0.142. The van der Waals surface area contributed by atoms with E-state index >= 15 is 0 Å². The highest BCUT2D eigenvalue weighted by Crippen LogP contribution is 2.37. The monoisotopic (exact) mass is 411 g/mol. The van der Waals surface area contributed by atoms with Crippen molar-refractivity contribution in [2.45, 2.75) is 26.3 Å². The number of benzene rings is 2. The summed E-state index contributed by atoms with van der Waals surface area (Å²) in [5.74, 6) is -4.19. The van der Waals surface area contributed by atoms with Crippen LogP contribution >= 0.6 is 0 Å². The number of nitrogens with zero attached hydrogens (tertiary/aromatic N) is 1. The molecule has 156 valence electrons. The molecule has 1 amide bonds. The molecule has 0 heterocycles. The van der Waals surface area contributed by atoms with Crippen molar-refractivity contribution >= 4 is 23.4 Å². The van der Waals surface area contributed by atoms with Gasteiger partial charge in [0.25, 0.3) is 5.91 Å². The number of phenolic OH excluding ortho intramolecular Hbond substituents is 2. The van der Waals surface area contributed by atoms with E-state index in [-0.39, 0.29) is 45.9 Å². The molecule has 0 radical (unpaired) electrons. The van der Waals surface area contributed by atoms with Gasteiger partial charge in [0.2, 0.25) is 5.78 Å². The topological polar surface area (TPSA) is 132 Å². The van der Waals surface area contributed by atoms with Gasteiger partial charge in [0.15, 0.2) is 5.78 Å². The molecule has 0 bridgehead atoms. The summed E-state index contributed by atoms with van der Waals surface area (Å²) in [5.41, 5.74) is -0.832. The lowest BCUT2D eigenvalue weighted by atomic mass is 9.82. The first-order valence-electron chi connectivity index (χ1n) is 9.32. The second-order valence-electron chi connectivity index (χ2n) is 7.68. The Labute approximate surface area is 172 Å². The summed E-state index contributed by atoms with van der Waals surface area (Å²) in [6, 6.07) is 5.16. The second kappa shape index (κ2) is 7.62. The molecule has 0 spiro atoms. The summed E-state index contributed by atoms with van der Waals surface area (Å²) in [7, 11) is 1.33. The largest absolute Gasteiger partial charge is 0.507 e. The van der Waals surface area contributed by atoms with E-state index in [4.69, 9.17) is 0 Å². The van der Waals surface area contributed by atoms with E-state index in [1.54, 1.807) is 0 Å². The zero-order valence-corrected chi connectivity index (χ0v) is 16.7. The zero-order valence-electron chi connectivity index (χ0n) is 16.7. The van der Waals surface area contributed by atoms with Gasteiger partial charge in [-0.25, -0.2) is 4.79 Å². The molecule has 2 aromatic carbocycles. The molecule has 0 unspecified atom stereocenters. The fourth-order valence-electron chi connectivity index (χ4n) is 3.62. The number of carboxylic acids is 1. The van der Waals surface area contributed by atoms with E-state index in [9.17, 15) is 34.5 Å². The molecule has 30 heavy (non-hydrogen) atoms. The third kappa shape index (κ3) is 3.41. The molecule has 3 N–H and O–H groups in total. The van der Waals surface area contributed by atoms with Gasteiger partial charge in [-0.1, -0.05) is 26.0 Å². The zero-order chi connectivity index (χ0) is 22.3. The van der Waals surface area contributed by atoms with Crippen LogP contribution in [0.15, 0.2) is 30.3 Å². The molecule has 0 aromatic heterocycles. The number of carbonyl (C=O) groups excluding carboxylic acids is 3. The summed E-state index contributed by atoms with van der Waals surface area (Å²) in [4.78, 5) is 51.2. The first kappa shape index (κ1) is 21.0. The summed E-state index contributed by atoms with van der Waals surface area (Å²) in [6.45, 7) is 3.66. The quantitative estimate of drug-likeness (QED) is 0.587. The van der Waals surface area contributed by atoms with Crippen molar-refractivity contribution in [1.82, 2.24) is 4.90 Å². The van der Waals surface area contributed by atoms with Gasteiger partial charge in [0, 0.05) is 23.7 Å². The molecule has 8 heteroatoms. The fourth-order valence-corrected chi connectivity index (χ4v) is 3.62. The molecule has 0 saturated heterocycles. The second-order valence-corrected chi connectivity index (χ2v) is 7.68. The summed E-state index contributed by atoms with van der Waals surface area (Å²) >= 11 is 0. The molecule has 1 aliphatic rings. The van der Waals surface area contributed by atoms with Gasteiger partial charge in [0.1, 0.15) is 17.5 Å². The minimum Gasteiger partial charge on any atom is -0.507 e. The third-order valence-corrected chi connectivity index (χ3v) is 5.12. The number of carbonyl (C=O) groups is 4. The van der Waals surface area contributed by atoms with E-state index in [0.29, 0.717) is 0 Å². The van der Waals surface area contributed by atoms with Gasteiger partial charge in [-0.2, -0.15) is 0 Å². The van der Waals surface area contributed by atoms with Crippen LogP contribution in [-0.4, -0.2) is 56.8 Å². The third-order valence-electron chi connectivity index (χ3n) is 5.12. The van der Waals surface area contributed by atoms with Crippen molar-refractivity contribution in [2.75, 3.05) is 7.05 Å². The van der Waals surface area contributed by atoms with Gasteiger partial charge < -0.3 is 20.2 Å². The van der Waals surface area contributed by atoms with Crippen molar-refractivity contribution in [3.05, 3.63) is 58.1 Å². The van der Waals surface area contributed by atoms with Gasteiger partial charge >= 0.3 is 5.97 Å². The van der Waals surface area contributed by atoms with Crippen LogP contribution in [0.1, 0.15) is 62.5 Å². The van der Waals surface area contributed by atoms with Crippen LogP contribution < -0.4 is 0 Å². The Balaban J connectivity index is 2.07. The van der Waals surface area contributed by atoms with Crippen LogP contribution in [0.4, 0.5) is 0 Å². The average Bonchev–Trinajstić information content (AvgIpc) is 2.68. The molecule has 2 aromatic rings. The summed E-state index contributed by atoms with van der Waals surface area (Å²) < 4.78 is 0. The Morgan fingerprint density at radius 3 is 2.20 bits per heavy atom. The molecular formula is C22H21NO7. The fraction of sp³-hybridized carbons (Fsp3) is 0.273. The van der Waals surface area contributed by atoms with E-state index in [1.807, 2.05) is 13.8 Å². The van der Waals surface area contributed by atoms with Gasteiger partial charge in [0.05, 0.1) is 11.1 Å². The first-order chi connectivity index (χ1) is 14.0. The minimum atomic E-state index is -1.17. The molecule has 3 rings (SSSR count). The predicted octanol–water partition coefficient (Wildman–Crippen LogP) is 2.44. The number of aliphatic carboxylic acids is 1. The molecule has 0 aliphatic heterocycles. The molecule has 0 saturated carbocycles. The number of amides is 1. The Hall–Kier alpha value is -3.68. The van der Waals surface area contributed by atoms with Crippen LogP contribution in [0.3, 0.4) is 0 Å². The highest BCUT2D eigenvalue weighted by Gasteiger charge is 2.36. The van der Waals surface area contributed by atoms with Gasteiger partial charge in [-0.15, -0.1) is 0 Å². The number of hydrogen-bond donors (Lipinski definition) is 3. The minimum absolute atomic E-state index is 0.0154. The Kier molecular flexibility index (Phi) is 5.35. The predicted molar refractivity (Wildman–Crippen MR) is 106 cm³/mol. The Morgan fingerprint density at radius 2 is 1.60 bits per heavy atom. The maximum absolute atomic E-state index is 12.9. The maximum atomic E-state index is 12.9. The molecule has 1 atom stereocenters. The van der Waals surface area contributed by atoms with Crippen LogP contribution in [-0.2, 0) is 4.79 Å². The van der Waals surface area contributed by atoms with Crippen molar-refractivity contribution in [3.8, 4) is 11.5 Å². The molecular weight excluding hydrogens is 390 g/mol. The van der Waals surface area contributed by atoms with Crippen LogP contribution in [0.2, 0.25) is 0 Å². The maximum Gasteiger partial charge on any atom is 0.326 e. The van der Waals surface area contributed by atoms with Crippen LogP contribution in [0.25, 0.3) is 0 Å². The summed E-state index contributed by atoms with van der Waals surface area (Å²) in [5, 5.41) is 29.9. The van der Waals surface area contributed by atoms with Crippen molar-refractivity contribution in [2.24, 2.45) is 5.92 Å². The van der Waals surface area contributed by atoms with E-state index in [2.05, 4.69) is 0 Å². The van der Waals surface area contributed by atoms with Crippen molar-refractivity contribution in [1.29, 1.82) is 0 Å². The normalized spacial score (nSPS) is 13.6. The van der Waals surface area contributed by atoms with Crippen LogP contribution in [0.5, 0.6) is 11.5 Å². The number of phenols is 2. The molecule has 0 fully saturated rings. The summed E-state index contributed by atoms with van der Waals surface area (Å²) in [6.07, 6.45) is 0.221. The molecule has 8 nitrogen and oxygen atoms in total. The SMILES string of the molecule is CC(C)C[C@@H](C(=O)O)N(C)C(=O)c1cc(O)c2c(c1)C(=O)c1cccc(O)c1C2=O. The smallest absolute Gasteiger partial charge is 0.326 e. The lowest BCUT2D eigenvalue weighted by Crippen LogP contribution is -2.43. The Bertz CT molecular complexity index is 1090. The van der Waals surface area contributed by atoms with Crippen molar-refractivity contribution < 1.29 is 34.5 Å². The van der Waals surface area contributed by atoms with Crippen molar-refractivity contribution in [3.63, 3.8) is 0 Å². The highest BCUT2D eigenvalue weighted by molar-refractivity contribution is 6.30. The highest BCUT2D eigenvalue weighted by atomic mass is 16.4. The number of rotatable bonds is 5. The number of hydrogen-bond acceptors (Lipinski definition) is 6.